The maximum atomic E-state index is 13.7. The van der Waals surface area contributed by atoms with E-state index in [9.17, 15) is 14.7 Å². The molecule has 0 aliphatic heterocycles. The maximum Gasteiger partial charge on any atom is 0.338 e. The fraction of sp³-hybridized carbons (Fsp3) is 0.469. The molecule has 0 unspecified atom stereocenters. The van der Waals surface area contributed by atoms with Crippen LogP contribution in [0.5, 0.6) is 5.75 Å². The first-order chi connectivity index (χ1) is 18.7. The molecule has 7 nitrogen and oxygen atoms in total. The Morgan fingerprint density at radius 3 is 2.00 bits per heavy atom. The van der Waals surface area contributed by atoms with E-state index in [2.05, 4.69) is 31.7 Å². The molecule has 1 heterocycles. The van der Waals surface area contributed by atoms with Gasteiger partial charge < -0.3 is 19.0 Å². The van der Waals surface area contributed by atoms with E-state index in [1.807, 2.05) is 76.6 Å². The molecule has 8 heteroatoms. The van der Waals surface area contributed by atoms with Crippen molar-refractivity contribution in [1.29, 1.82) is 0 Å². The number of Topliss-reactive ketones (excluding diaryl/α,β-unsaturated/α-hetero) is 1. The molecular weight excluding hydrogens is 570 g/mol. The number of imidazole rings is 1. The van der Waals surface area contributed by atoms with Crippen molar-refractivity contribution >= 4 is 27.9 Å². The third kappa shape index (κ3) is 7.14. The minimum Gasteiger partial charge on any atom is -0.507 e. The summed E-state index contributed by atoms with van der Waals surface area (Å²) < 4.78 is 13.4. The van der Waals surface area contributed by atoms with Gasteiger partial charge >= 0.3 is 5.97 Å². The largest absolute Gasteiger partial charge is 0.507 e. The van der Waals surface area contributed by atoms with Crippen molar-refractivity contribution in [1.82, 2.24) is 9.13 Å². The van der Waals surface area contributed by atoms with Gasteiger partial charge in [0.1, 0.15) is 5.75 Å². The number of hydrogen-bond donors (Lipinski definition) is 1. The predicted octanol–water partition coefficient (Wildman–Crippen LogP) is 6.86. The van der Waals surface area contributed by atoms with Gasteiger partial charge in [-0.05, 0) is 54.0 Å². The highest BCUT2D eigenvalue weighted by Crippen LogP contribution is 2.40. The van der Waals surface area contributed by atoms with Gasteiger partial charge in [-0.2, -0.15) is 4.02 Å². The third-order valence-electron chi connectivity index (χ3n) is 6.90. The number of aromatic hydroxyl groups is 1. The number of phenols is 1. The van der Waals surface area contributed by atoms with Gasteiger partial charge in [0, 0.05) is 28.6 Å². The Labute approximate surface area is 246 Å². The number of carbonyl (C=O) groups excluding carboxylic acids is 2. The Kier molecular flexibility index (Phi) is 9.88. The van der Waals surface area contributed by atoms with Crippen LogP contribution in [0.4, 0.5) is 0 Å². The van der Waals surface area contributed by atoms with Gasteiger partial charge in [-0.3, -0.25) is 4.79 Å². The van der Waals surface area contributed by atoms with Crippen molar-refractivity contribution in [2.24, 2.45) is 4.02 Å². The maximum absolute atomic E-state index is 13.7. The zero-order valence-electron chi connectivity index (χ0n) is 25.0. The fourth-order valence-electron chi connectivity index (χ4n) is 4.76. The second kappa shape index (κ2) is 12.6. The van der Waals surface area contributed by atoms with Gasteiger partial charge in [0.2, 0.25) is 5.62 Å². The lowest BCUT2D eigenvalue weighted by Gasteiger charge is -2.28. The summed E-state index contributed by atoms with van der Waals surface area (Å²) in [7, 11) is 0. The summed E-state index contributed by atoms with van der Waals surface area (Å²) in [5.74, 6) is -0.143. The summed E-state index contributed by atoms with van der Waals surface area (Å²) in [6.07, 6.45) is 3.74. The SMILES string of the molecule is CCCc1cn(CC(=O)c2cc(C(C)(C)C)c(O)c(C(C)(C)C)c2)/c(=N\Br)n1Cc1ccc(C(=O)OCC)cc1. The number of esters is 1. The molecule has 0 bridgehead atoms. The third-order valence-corrected chi connectivity index (χ3v) is 7.22. The van der Waals surface area contributed by atoms with Crippen LogP contribution in [-0.2, 0) is 35.1 Å². The van der Waals surface area contributed by atoms with Gasteiger partial charge in [0.15, 0.2) is 5.78 Å². The number of carbonyl (C=O) groups is 2. The lowest BCUT2D eigenvalue weighted by Crippen LogP contribution is -2.29. The molecule has 2 aromatic carbocycles. The van der Waals surface area contributed by atoms with Crippen molar-refractivity contribution in [3.8, 4) is 5.75 Å². The molecule has 216 valence electrons. The summed E-state index contributed by atoms with van der Waals surface area (Å²) in [4.78, 5) is 25.8. The van der Waals surface area contributed by atoms with Crippen LogP contribution >= 0.6 is 16.1 Å². The lowest BCUT2D eigenvalue weighted by molar-refractivity contribution is 0.0526. The highest BCUT2D eigenvalue weighted by molar-refractivity contribution is 9.08. The summed E-state index contributed by atoms with van der Waals surface area (Å²) in [5, 5.41) is 11.1. The van der Waals surface area contributed by atoms with Crippen LogP contribution in [0.25, 0.3) is 0 Å². The van der Waals surface area contributed by atoms with Gasteiger partial charge in [0.25, 0.3) is 0 Å². The quantitative estimate of drug-likeness (QED) is 0.211. The Morgan fingerprint density at radius 1 is 0.950 bits per heavy atom. The lowest BCUT2D eigenvalue weighted by atomic mass is 9.78. The summed E-state index contributed by atoms with van der Waals surface area (Å²) >= 11 is 3.29. The standard InChI is InChI=1S/C32H42BrN3O4/c1-9-11-24-19-35(30(34-33)36(24)18-21-12-14-22(15-13-21)29(39)40-10-2)20-27(37)23-16-25(31(3,4)5)28(38)26(17-23)32(6,7)8/h12-17,19,38H,9-11,18,20H2,1-8H3/b34-30+. The highest BCUT2D eigenvalue weighted by Gasteiger charge is 2.28. The first-order valence-electron chi connectivity index (χ1n) is 13.8. The molecule has 0 fully saturated rings. The number of ketones is 1. The summed E-state index contributed by atoms with van der Waals surface area (Å²) in [6.45, 7) is 17.1. The van der Waals surface area contributed by atoms with Crippen molar-refractivity contribution < 1.29 is 19.4 Å². The first-order valence-corrected chi connectivity index (χ1v) is 14.5. The van der Waals surface area contributed by atoms with Gasteiger partial charge in [-0.25, -0.2) is 4.79 Å². The first kappa shape index (κ1) is 31.4. The molecule has 1 aromatic heterocycles. The fourth-order valence-corrected chi connectivity index (χ4v) is 5.15. The molecule has 0 spiro atoms. The minimum atomic E-state index is -0.340. The number of phenolic OH excluding ortho intramolecular Hbond substituents is 1. The zero-order valence-corrected chi connectivity index (χ0v) is 26.6. The number of aromatic nitrogens is 2. The zero-order chi connectivity index (χ0) is 29.8. The highest BCUT2D eigenvalue weighted by atomic mass is 79.9. The van der Waals surface area contributed by atoms with E-state index < -0.39 is 0 Å². The number of ether oxygens (including phenoxy) is 1. The number of rotatable bonds is 9. The Hall–Kier alpha value is -3.13. The van der Waals surface area contributed by atoms with Crippen LogP contribution in [0.15, 0.2) is 46.6 Å². The monoisotopic (exact) mass is 611 g/mol. The average Bonchev–Trinajstić information content (AvgIpc) is 3.18. The van der Waals surface area contributed by atoms with Gasteiger partial charge in [-0.15, -0.1) is 0 Å². The number of aryl methyl sites for hydroxylation is 1. The molecule has 0 aliphatic rings. The van der Waals surface area contributed by atoms with E-state index in [1.54, 1.807) is 19.1 Å². The molecule has 3 rings (SSSR count). The van der Waals surface area contributed by atoms with E-state index in [4.69, 9.17) is 4.74 Å². The molecule has 40 heavy (non-hydrogen) atoms. The topological polar surface area (TPSA) is 85.8 Å². The second-order valence-corrected chi connectivity index (χ2v) is 12.6. The summed E-state index contributed by atoms with van der Waals surface area (Å²) in [5.41, 5.74) is 4.62. The molecule has 0 amide bonds. The van der Waals surface area contributed by atoms with Crippen molar-refractivity contribution in [3.63, 3.8) is 0 Å². The average molecular weight is 613 g/mol. The van der Waals surface area contributed by atoms with Crippen LogP contribution in [0.1, 0.15) is 105 Å². The number of nitrogens with zero attached hydrogens (tertiary/aromatic N) is 3. The van der Waals surface area contributed by atoms with E-state index >= 15 is 0 Å². The number of hydrogen-bond acceptors (Lipinski definition) is 5. The van der Waals surface area contributed by atoms with E-state index in [-0.39, 0.29) is 34.9 Å². The van der Waals surface area contributed by atoms with Crippen LogP contribution < -0.4 is 5.62 Å². The number of halogens is 1. The van der Waals surface area contributed by atoms with Crippen LogP contribution in [0, 0.1) is 0 Å². The molecule has 3 aromatic rings. The Bertz CT molecular complexity index is 1400. The second-order valence-electron chi connectivity index (χ2n) is 12.2. The van der Waals surface area contributed by atoms with E-state index in [0.717, 1.165) is 35.2 Å². The molecule has 0 aliphatic carbocycles. The molecule has 0 atom stereocenters. The van der Waals surface area contributed by atoms with Crippen molar-refractivity contribution in [2.45, 2.75) is 92.2 Å². The van der Waals surface area contributed by atoms with Crippen LogP contribution in [0.2, 0.25) is 0 Å². The smallest absolute Gasteiger partial charge is 0.338 e. The van der Waals surface area contributed by atoms with Crippen molar-refractivity contribution in [2.75, 3.05) is 6.61 Å². The molecule has 0 saturated carbocycles. The molecule has 1 N–H and O–H groups in total. The van der Waals surface area contributed by atoms with Crippen LogP contribution in [0.3, 0.4) is 0 Å². The number of benzene rings is 2. The predicted molar refractivity (Wildman–Crippen MR) is 162 cm³/mol. The van der Waals surface area contributed by atoms with Gasteiger partial charge in [-0.1, -0.05) is 67.0 Å². The molecular formula is C32H42BrN3O4. The Balaban J connectivity index is 2.01. The van der Waals surface area contributed by atoms with Crippen LogP contribution in [-0.4, -0.2) is 32.6 Å². The Morgan fingerprint density at radius 2 is 1.52 bits per heavy atom. The molecule has 0 radical (unpaired) electrons. The molecule has 0 saturated heterocycles. The summed E-state index contributed by atoms with van der Waals surface area (Å²) in [6, 6.07) is 11.0. The van der Waals surface area contributed by atoms with Gasteiger partial charge in [0.05, 0.1) is 41.4 Å². The minimum absolute atomic E-state index is 0.0580. The van der Waals surface area contributed by atoms with Crippen molar-refractivity contribution in [3.05, 3.63) is 81.7 Å². The normalized spacial score (nSPS) is 12.6. The van der Waals surface area contributed by atoms with E-state index in [1.165, 1.54) is 0 Å². The van der Waals surface area contributed by atoms with E-state index in [0.29, 0.717) is 29.9 Å².